The normalized spacial score (nSPS) is 16.2. The standard InChI is InChI=1S/C29H32ClFN6O2.2C27H27ClFN5O2.C26H26ClFN6O2/c1-19-15-33-18-25(30)28(19)20(2)39-23-5-6-27-24(14-23)29(36-35-27)26(31)13-21-3-4-22(34-16-21)17-32-7-8-37-9-11-38-12-10-37;1-17-13-30-15-23(28)27(17)18(2)36-21-5-6-25-22(11-21)26(33-32-25)12-24(29)19-3-4-20(31-14-19)16-34-7-9-35-10-8-34;1-16-11-30-13-23(28)26(16)17(2)36-21-5-6-25-22(10-21)27(33-32-25)24(29)9-18-3-4-19(31-12-18)14-34-8-7-20(35)15-34;1-16-13-29-14-22(27)25(16)17(2)36-20-5-6-24-21(12-20)26(33-32-24)23(28)11-18-3-4-19(31-30-18)15-34-7-9-35-10-8-34/h3-6,13-16,18,20,32H,7-12,17H2,1-2H3,(H,35,36);3-6,11-15,18H,7-10,16H2,1-2H3,(H,32,33);3-6,9-13,17,20,35H,7-8,14-15H2,1-2H3,(H,32,33);3-6,11-14,17H,7-10,15H2,1-2H3,(H,32,33)/b26-13-;24-12-;24-9-;23-11-. The molecule has 0 bridgehead atoms. The van der Waals surface area contributed by atoms with Gasteiger partial charge in [0.15, 0.2) is 17.5 Å². The zero-order valence-electron chi connectivity index (χ0n) is 82.4. The molecule has 30 nitrogen and oxygen atoms in total. The lowest BCUT2D eigenvalue weighted by atomic mass is 10.1. The zero-order chi connectivity index (χ0) is 103. The van der Waals surface area contributed by atoms with E-state index in [0.717, 1.165) is 184 Å². The summed E-state index contributed by atoms with van der Waals surface area (Å²) in [5.41, 5.74) is 16.9. The molecule has 0 radical (unpaired) electrons. The molecule has 5 unspecified atom stereocenters. The lowest BCUT2D eigenvalue weighted by molar-refractivity contribution is 0.0335. The topological polar surface area (TPSA) is 341 Å². The molecule has 38 heteroatoms. The second kappa shape index (κ2) is 49.8. The number of β-amino-alcohol motifs (C(OH)–C–C–N with tert-alkyl or cyclic N) is 1. The number of nitrogens with one attached hydrogen (secondary N) is 5. The first-order chi connectivity index (χ1) is 71.3. The van der Waals surface area contributed by atoms with Crippen LogP contribution in [-0.2, 0) is 40.4 Å². The van der Waals surface area contributed by atoms with Crippen molar-refractivity contribution in [3.8, 4) is 23.0 Å². The number of benzene rings is 4. The Labute approximate surface area is 867 Å². The molecule has 0 spiro atoms. The number of aliphatic hydroxyl groups excluding tert-OH is 1. The largest absolute Gasteiger partial charge is 0.486 e. The van der Waals surface area contributed by atoms with E-state index in [0.29, 0.717) is 136 Å². The number of fused-ring (bicyclic) bond motifs is 4. The lowest BCUT2D eigenvalue weighted by Gasteiger charge is -2.26. The highest BCUT2D eigenvalue weighted by molar-refractivity contribution is 6.32. The van der Waals surface area contributed by atoms with E-state index < -0.39 is 23.3 Å². The Bertz CT molecular complexity index is 7050. The van der Waals surface area contributed by atoms with E-state index in [1.54, 1.807) is 98.5 Å². The van der Waals surface area contributed by atoms with Gasteiger partial charge in [-0.1, -0.05) is 58.5 Å². The van der Waals surface area contributed by atoms with E-state index in [1.807, 2.05) is 146 Å². The molecule has 4 aromatic carbocycles. The van der Waals surface area contributed by atoms with Gasteiger partial charge < -0.3 is 43.6 Å². The molecule has 0 aliphatic carbocycles. The number of aliphatic hydroxyl groups is 1. The third kappa shape index (κ3) is 27.5. The number of halogens is 8. The molecule has 4 aliphatic rings. The first-order valence-electron chi connectivity index (χ1n) is 48.5. The van der Waals surface area contributed by atoms with E-state index in [2.05, 4.69) is 111 Å². The van der Waals surface area contributed by atoms with Crippen LogP contribution >= 0.6 is 46.4 Å². The summed E-state index contributed by atoms with van der Waals surface area (Å²) in [4.78, 5) is 38.9. The SMILES string of the molecule is Cc1cncc(Cl)c1C(C)Oc1ccc2[nH]nc(/C(F)=C/c3ccc(CN4CCC(O)C4)nc3)c2c1.Cc1cncc(Cl)c1C(C)Oc1ccc2[nH]nc(/C(F)=C/c3ccc(CN4CCOCC4)nn3)c2c1.Cc1cncc(Cl)c1C(C)Oc1ccc2[nH]nc(/C(F)=C/c3ccc(CNCCN4CCOCC4)nc3)c2c1.Cc1cncc(Cl)c1C(C)Oc1ccc2n[nH]c(/C=C(\F)c3ccc(CN4CCOCC4)nc3)c2c1. The lowest BCUT2D eigenvalue weighted by Crippen LogP contribution is -2.40. The number of aromatic amines is 4. The van der Waals surface area contributed by atoms with Gasteiger partial charge >= 0.3 is 0 Å². The van der Waals surface area contributed by atoms with Crippen LogP contribution in [-0.4, -0.2) is 222 Å². The highest BCUT2D eigenvalue weighted by atomic mass is 35.5. The van der Waals surface area contributed by atoms with Crippen molar-refractivity contribution in [2.75, 3.05) is 105 Å². The average molecular weight is 2080 g/mol. The van der Waals surface area contributed by atoms with Gasteiger partial charge in [-0.2, -0.15) is 30.6 Å². The Morgan fingerprint density at radius 1 is 0.408 bits per heavy atom. The maximum atomic E-state index is 15.3. The van der Waals surface area contributed by atoms with Crippen LogP contribution in [0.4, 0.5) is 17.6 Å². The average Bonchev–Trinajstić information content (AvgIpc) is 1.68. The van der Waals surface area contributed by atoms with Gasteiger partial charge in [0.05, 0.1) is 122 Å². The van der Waals surface area contributed by atoms with Crippen molar-refractivity contribution in [3.63, 3.8) is 0 Å². The minimum absolute atomic E-state index is 0.181. The second-order valence-corrected chi connectivity index (χ2v) is 37.9. The minimum Gasteiger partial charge on any atom is -0.486 e. The summed E-state index contributed by atoms with van der Waals surface area (Å²) < 4.78 is 102. The van der Waals surface area contributed by atoms with Gasteiger partial charge in [-0.3, -0.25) is 74.9 Å². The van der Waals surface area contributed by atoms with Gasteiger partial charge in [0.25, 0.3) is 0 Å². The molecule has 16 heterocycles. The predicted octanol–water partition coefficient (Wildman–Crippen LogP) is 21.7. The molecule has 12 aromatic heterocycles. The molecule has 762 valence electrons. The second-order valence-electron chi connectivity index (χ2n) is 36.3. The van der Waals surface area contributed by atoms with Crippen molar-refractivity contribution in [3.05, 3.63) is 322 Å². The van der Waals surface area contributed by atoms with Crippen molar-refractivity contribution in [1.29, 1.82) is 0 Å². The van der Waals surface area contributed by atoms with E-state index in [1.165, 1.54) is 24.3 Å². The van der Waals surface area contributed by atoms with Crippen LogP contribution < -0.4 is 24.3 Å². The number of nitrogens with zero attached hydrogens (tertiary/aromatic N) is 17. The van der Waals surface area contributed by atoms with Gasteiger partial charge in [0.1, 0.15) is 70.3 Å². The predicted molar refractivity (Wildman–Crippen MR) is 564 cm³/mol. The molecule has 147 heavy (non-hydrogen) atoms. The fourth-order valence-electron chi connectivity index (χ4n) is 17.9. The number of ether oxygens (including phenoxy) is 7. The maximum absolute atomic E-state index is 15.3. The maximum Gasteiger partial charge on any atom is 0.153 e. The minimum atomic E-state index is -0.519. The van der Waals surface area contributed by atoms with Crippen LogP contribution in [0, 0.1) is 27.7 Å². The third-order valence-electron chi connectivity index (χ3n) is 25.6. The molecule has 0 saturated carbocycles. The van der Waals surface area contributed by atoms with Gasteiger partial charge in [-0.25, -0.2) is 17.6 Å². The van der Waals surface area contributed by atoms with Crippen LogP contribution in [0.2, 0.25) is 20.1 Å². The van der Waals surface area contributed by atoms with E-state index in [4.69, 9.17) is 79.6 Å². The van der Waals surface area contributed by atoms with E-state index in [-0.39, 0.29) is 47.6 Å². The Kier molecular flexibility index (Phi) is 35.6. The number of aryl methyl sites for hydroxylation is 4. The van der Waals surface area contributed by atoms with Gasteiger partial charge in [-0.05, 0) is 217 Å². The molecule has 4 fully saturated rings. The van der Waals surface area contributed by atoms with Crippen molar-refractivity contribution >= 4 is 138 Å². The Balaban J connectivity index is 0.000000134. The number of pyridine rings is 7. The monoisotopic (exact) mass is 2070 g/mol. The van der Waals surface area contributed by atoms with Gasteiger partial charge in [0, 0.05) is 221 Å². The molecule has 0 amide bonds. The summed E-state index contributed by atoms with van der Waals surface area (Å²) in [6.07, 6.45) is 23.2. The number of likely N-dealkylation sites (tertiary alicyclic amines) is 1. The summed E-state index contributed by atoms with van der Waals surface area (Å²) in [6, 6.07) is 36.5. The quantitative estimate of drug-likeness (QED) is 0.0174. The Morgan fingerprint density at radius 2 is 0.803 bits per heavy atom. The van der Waals surface area contributed by atoms with Crippen LogP contribution in [0.3, 0.4) is 0 Å². The molecule has 6 N–H and O–H groups in total. The molecule has 4 saturated heterocycles. The molecule has 20 rings (SSSR count). The summed E-state index contributed by atoms with van der Waals surface area (Å²) in [5, 5.41) is 54.7. The summed E-state index contributed by atoms with van der Waals surface area (Å²) in [5.74, 6) is 0.521. The first kappa shape index (κ1) is 105. The van der Waals surface area contributed by atoms with Crippen molar-refractivity contribution in [2.45, 2.75) is 119 Å². The van der Waals surface area contributed by atoms with Crippen LogP contribution in [0.25, 0.3) is 91.2 Å². The number of H-pyrrole nitrogens is 4. The van der Waals surface area contributed by atoms with Gasteiger partial charge in [0.2, 0.25) is 0 Å². The molecule has 16 aromatic rings. The zero-order valence-corrected chi connectivity index (χ0v) is 85.4. The van der Waals surface area contributed by atoms with Crippen LogP contribution in [0.5, 0.6) is 23.0 Å². The number of morpholine rings is 3. The highest BCUT2D eigenvalue weighted by Crippen LogP contribution is 2.40. The van der Waals surface area contributed by atoms with E-state index in [9.17, 15) is 5.11 Å². The van der Waals surface area contributed by atoms with Crippen molar-refractivity contribution in [1.82, 2.24) is 111 Å². The number of aromatic nitrogens is 17. The van der Waals surface area contributed by atoms with Crippen LogP contribution in [0.15, 0.2) is 189 Å². The van der Waals surface area contributed by atoms with Crippen molar-refractivity contribution < 1.29 is 55.8 Å². The molecular weight excluding hydrogens is 1960 g/mol. The van der Waals surface area contributed by atoms with Gasteiger partial charge in [-0.15, -0.1) is 0 Å². The number of hydrogen-bond donors (Lipinski definition) is 6. The fourth-order valence-corrected chi connectivity index (χ4v) is 19.4. The molecular formula is C109H112Cl4F4N22O8. The highest BCUT2D eigenvalue weighted by Gasteiger charge is 2.27. The van der Waals surface area contributed by atoms with E-state index >= 15 is 17.6 Å². The summed E-state index contributed by atoms with van der Waals surface area (Å²) in [7, 11) is 0. The Morgan fingerprint density at radius 3 is 1.20 bits per heavy atom. The van der Waals surface area contributed by atoms with Crippen molar-refractivity contribution in [2.24, 2.45) is 0 Å². The molecule has 4 aliphatic heterocycles. The summed E-state index contributed by atoms with van der Waals surface area (Å²) >= 11 is 25.4. The smallest absolute Gasteiger partial charge is 0.153 e. The number of hydrogen-bond acceptors (Lipinski definition) is 26. The van der Waals surface area contributed by atoms with Crippen LogP contribution in [0.1, 0.15) is 171 Å². The Hall–Kier alpha value is -13.4. The fraction of sp³-hybridized carbons (Fsp3) is 0.312. The summed E-state index contributed by atoms with van der Waals surface area (Å²) in [6.45, 7) is 31.5. The number of rotatable bonds is 31. The third-order valence-corrected chi connectivity index (χ3v) is 26.8. The first-order valence-corrected chi connectivity index (χ1v) is 50.0. The molecule has 5 atom stereocenters.